The number of hydrogen-bond acceptors (Lipinski definition) is 3. The van der Waals surface area contributed by atoms with E-state index in [1.807, 2.05) is 0 Å². The Morgan fingerprint density at radius 2 is 1.75 bits per heavy atom. The molecule has 12 heavy (non-hydrogen) atoms. The molecular weight excluding hydrogens is 152 g/mol. The molecule has 0 N–H and O–H groups in total. The molecule has 3 heteroatoms. The molecule has 1 aromatic rings. The van der Waals surface area contributed by atoms with Crippen molar-refractivity contribution in [1.82, 2.24) is 9.97 Å². The minimum Gasteiger partial charge on any atom is -0.480 e. The van der Waals surface area contributed by atoms with Crippen LogP contribution >= 0.6 is 0 Å². The van der Waals surface area contributed by atoms with Gasteiger partial charge in [-0.05, 0) is 0 Å². The Morgan fingerprint density at radius 1 is 1.17 bits per heavy atom. The molecule has 0 amide bonds. The topological polar surface area (TPSA) is 35.0 Å². The molecule has 1 rings (SSSR count). The van der Waals surface area contributed by atoms with Crippen LogP contribution in [0.3, 0.4) is 0 Å². The minimum absolute atomic E-state index is 0.0143. The van der Waals surface area contributed by atoms with E-state index in [1.165, 1.54) is 0 Å². The molecule has 0 saturated heterocycles. The first-order chi connectivity index (χ1) is 5.55. The highest BCUT2D eigenvalue weighted by atomic mass is 16.5. The Bertz CT molecular complexity index is 265. The molecule has 66 valence electrons. The third-order valence-corrected chi connectivity index (χ3v) is 1.57. The van der Waals surface area contributed by atoms with Gasteiger partial charge in [0, 0.05) is 17.8 Å². The second-order valence-electron chi connectivity index (χ2n) is 3.66. The maximum Gasteiger partial charge on any atom is 0.235 e. The Labute approximate surface area is 72.8 Å². The third kappa shape index (κ3) is 1.72. The van der Waals surface area contributed by atoms with Crippen LogP contribution < -0.4 is 4.74 Å². The summed E-state index contributed by atoms with van der Waals surface area (Å²) in [5.41, 5.74) is 0.882. The molecule has 0 spiro atoms. The van der Waals surface area contributed by atoms with E-state index >= 15 is 0 Å². The molecule has 1 heterocycles. The Morgan fingerprint density at radius 3 is 2.17 bits per heavy atom. The number of hydrogen-bond donors (Lipinski definition) is 0. The number of aromatic nitrogens is 2. The number of methoxy groups -OCH3 is 1. The molecule has 0 atom stereocenters. The molecule has 0 fully saturated rings. The summed E-state index contributed by atoms with van der Waals surface area (Å²) in [6, 6.07) is 0. The number of ether oxygens (including phenoxy) is 1. The summed E-state index contributed by atoms with van der Waals surface area (Å²) in [6.07, 6.45) is 3.32. The van der Waals surface area contributed by atoms with E-state index in [0.717, 1.165) is 5.69 Å². The molecule has 0 saturated carbocycles. The van der Waals surface area contributed by atoms with Gasteiger partial charge in [0.15, 0.2) is 0 Å². The zero-order valence-electron chi connectivity index (χ0n) is 7.96. The molecule has 3 nitrogen and oxygen atoms in total. The average Bonchev–Trinajstić information content (AvgIpc) is 2.03. The minimum atomic E-state index is -0.0143. The van der Waals surface area contributed by atoms with Crippen LogP contribution in [0, 0.1) is 0 Å². The summed E-state index contributed by atoms with van der Waals surface area (Å²) >= 11 is 0. The van der Waals surface area contributed by atoms with Crippen LogP contribution in [-0.2, 0) is 5.41 Å². The summed E-state index contributed by atoms with van der Waals surface area (Å²) in [6.45, 7) is 6.25. The van der Waals surface area contributed by atoms with E-state index in [0.29, 0.717) is 5.88 Å². The first-order valence-corrected chi connectivity index (χ1v) is 3.91. The molecule has 0 aromatic carbocycles. The Kier molecular flexibility index (Phi) is 2.31. The van der Waals surface area contributed by atoms with Crippen LogP contribution in [0.2, 0.25) is 0 Å². The first kappa shape index (κ1) is 8.97. The highest BCUT2D eigenvalue weighted by Gasteiger charge is 2.20. The van der Waals surface area contributed by atoms with E-state index in [1.54, 1.807) is 19.5 Å². The lowest BCUT2D eigenvalue weighted by Crippen LogP contribution is -2.15. The lowest BCUT2D eigenvalue weighted by atomic mass is 9.92. The van der Waals surface area contributed by atoms with Gasteiger partial charge in [0.2, 0.25) is 5.88 Å². The van der Waals surface area contributed by atoms with Crippen molar-refractivity contribution in [2.75, 3.05) is 7.11 Å². The first-order valence-electron chi connectivity index (χ1n) is 3.91. The van der Waals surface area contributed by atoms with Gasteiger partial charge in [-0.1, -0.05) is 20.8 Å². The fourth-order valence-corrected chi connectivity index (χ4v) is 0.989. The van der Waals surface area contributed by atoms with E-state index < -0.39 is 0 Å². The van der Waals surface area contributed by atoms with Gasteiger partial charge in [-0.25, -0.2) is 4.98 Å². The smallest absolute Gasteiger partial charge is 0.235 e. The fraction of sp³-hybridized carbons (Fsp3) is 0.556. The Balaban J connectivity index is 3.14. The van der Waals surface area contributed by atoms with Gasteiger partial charge in [0.1, 0.15) is 5.69 Å². The lowest BCUT2D eigenvalue weighted by molar-refractivity contribution is 0.375. The van der Waals surface area contributed by atoms with Gasteiger partial charge in [0.05, 0.1) is 7.11 Å². The normalized spacial score (nSPS) is 11.3. The predicted octanol–water partition coefficient (Wildman–Crippen LogP) is 1.78. The van der Waals surface area contributed by atoms with Crippen LogP contribution in [0.5, 0.6) is 5.88 Å². The van der Waals surface area contributed by atoms with E-state index in [2.05, 4.69) is 30.7 Å². The maximum atomic E-state index is 5.10. The van der Waals surface area contributed by atoms with Crippen LogP contribution in [0.25, 0.3) is 0 Å². The van der Waals surface area contributed by atoms with Crippen molar-refractivity contribution in [2.24, 2.45) is 0 Å². The lowest BCUT2D eigenvalue weighted by Gasteiger charge is -2.18. The van der Waals surface area contributed by atoms with Gasteiger partial charge in [-0.2, -0.15) is 0 Å². The molecule has 0 aliphatic carbocycles. The number of nitrogens with zero attached hydrogens (tertiary/aromatic N) is 2. The van der Waals surface area contributed by atoms with E-state index in [4.69, 9.17) is 4.74 Å². The monoisotopic (exact) mass is 166 g/mol. The molecular formula is C9H14N2O. The molecule has 0 radical (unpaired) electrons. The summed E-state index contributed by atoms with van der Waals surface area (Å²) in [5.74, 6) is 0.616. The summed E-state index contributed by atoms with van der Waals surface area (Å²) < 4.78 is 5.10. The summed E-state index contributed by atoms with van der Waals surface area (Å²) in [5, 5.41) is 0. The van der Waals surface area contributed by atoms with Crippen molar-refractivity contribution in [2.45, 2.75) is 26.2 Å². The van der Waals surface area contributed by atoms with Crippen LogP contribution in [0.1, 0.15) is 26.5 Å². The van der Waals surface area contributed by atoms with Crippen LogP contribution in [0.4, 0.5) is 0 Å². The third-order valence-electron chi connectivity index (χ3n) is 1.57. The summed E-state index contributed by atoms with van der Waals surface area (Å²) in [7, 11) is 1.61. The maximum absolute atomic E-state index is 5.10. The molecule has 0 bridgehead atoms. The van der Waals surface area contributed by atoms with Crippen LogP contribution in [0.15, 0.2) is 12.4 Å². The Hall–Kier alpha value is -1.12. The van der Waals surface area contributed by atoms with Crippen molar-refractivity contribution in [3.8, 4) is 5.88 Å². The van der Waals surface area contributed by atoms with E-state index in [9.17, 15) is 0 Å². The molecule has 0 unspecified atom stereocenters. The fourth-order valence-electron chi connectivity index (χ4n) is 0.989. The zero-order chi connectivity index (χ0) is 9.19. The van der Waals surface area contributed by atoms with Crippen molar-refractivity contribution in [1.29, 1.82) is 0 Å². The molecule has 0 aliphatic heterocycles. The standard InChI is InChI=1S/C9H14N2O/c1-9(2,3)7-8(12-4)11-6-5-10-7/h5-6H,1-4H3. The van der Waals surface area contributed by atoms with Gasteiger partial charge in [0.25, 0.3) is 0 Å². The molecule has 1 aromatic heterocycles. The van der Waals surface area contributed by atoms with Crippen LogP contribution in [-0.4, -0.2) is 17.1 Å². The van der Waals surface area contributed by atoms with E-state index in [-0.39, 0.29) is 5.41 Å². The zero-order valence-corrected chi connectivity index (χ0v) is 7.96. The second-order valence-corrected chi connectivity index (χ2v) is 3.66. The highest BCUT2D eigenvalue weighted by Crippen LogP contribution is 2.26. The second kappa shape index (κ2) is 3.09. The van der Waals surface area contributed by atoms with Gasteiger partial charge < -0.3 is 4.74 Å². The van der Waals surface area contributed by atoms with Crippen molar-refractivity contribution < 1.29 is 4.74 Å². The van der Waals surface area contributed by atoms with Crippen molar-refractivity contribution in [3.63, 3.8) is 0 Å². The van der Waals surface area contributed by atoms with Gasteiger partial charge in [-0.15, -0.1) is 0 Å². The van der Waals surface area contributed by atoms with Crippen molar-refractivity contribution >= 4 is 0 Å². The van der Waals surface area contributed by atoms with Crippen molar-refractivity contribution in [3.05, 3.63) is 18.1 Å². The quantitative estimate of drug-likeness (QED) is 0.638. The van der Waals surface area contributed by atoms with Gasteiger partial charge in [-0.3, -0.25) is 4.98 Å². The number of rotatable bonds is 1. The summed E-state index contributed by atoms with van der Waals surface area (Å²) in [4.78, 5) is 8.31. The average molecular weight is 166 g/mol. The SMILES string of the molecule is COc1nccnc1C(C)(C)C. The predicted molar refractivity (Wildman–Crippen MR) is 47.3 cm³/mol. The molecule has 0 aliphatic rings. The largest absolute Gasteiger partial charge is 0.480 e. The van der Waals surface area contributed by atoms with Gasteiger partial charge >= 0.3 is 0 Å². The highest BCUT2D eigenvalue weighted by molar-refractivity contribution is 5.24.